The van der Waals surface area contributed by atoms with Crippen LogP contribution in [0.1, 0.15) is 28.5 Å². The number of thiophene rings is 1. The maximum Gasteiger partial charge on any atom is 0.251 e. The Kier molecular flexibility index (Phi) is 9.81. The van der Waals surface area contributed by atoms with Crippen LogP contribution in [0.25, 0.3) is 10.8 Å². The number of aliphatic imine (C=N–C) groups is 1. The van der Waals surface area contributed by atoms with E-state index < -0.39 is 0 Å². The molecule has 1 aromatic carbocycles. The van der Waals surface area contributed by atoms with Crippen LogP contribution in [0.3, 0.4) is 0 Å². The Bertz CT molecular complexity index is 956. The number of rotatable bonds is 8. The SMILES string of the molecule is CCNC(=NCc1coc(-c2cccs2)n1)NCCc1cccc(C(=O)NC)c1.I. The van der Waals surface area contributed by atoms with E-state index in [-0.39, 0.29) is 29.9 Å². The Morgan fingerprint density at radius 3 is 2.83 bits per heavy atom. The summed E-state index contributed by atoms with van der Waals surface area (Å²) in [6, 6.07) is 11.6. The molecular weight excluding hydrogens is 513 g/mol. The molecule has 0 aliphatic rings. The molecule has 0 fully saturated rings. The third-order valence-electron chi connectivity index (χ3n) is 4.15. The highest BCUT2D eigenvalue weighted by Crippen LogP contribution is 2.23. The summed E-state index contributed by atoms with van der Waals surface area (Å²) in [6.45, 7) is 3.91. The van der Waals surface area contributed by atoms with Gasteiger partial charge in [0.2, 0.25) is 5.89 Å². The zero-order chi connectivity index (χ0) is 20.5. The summed E-state index contributed by atoms with van der Waals surface area (Å²) in [6.07, 6.45) is 2.42. The fraction of sp³-hybridized carbons (Fsp3) is 0.286. The fourth-order valence-electron chi connectivity index (χ4n) is 2.73. The van der Waals surface area contributed by atoms with Crippen molar-refractivity contribution in [2.45, 2.75) is 19.9 Å². The van der Waals surface area contributed by atoms with Crippen LogP contribution < -0.4 is 16.0 Å². The third kappa shape index (κ3) is 6.84. The molecule has 0 spiro atoms. The zero-order valence-electron chi connectivity index (χ0n) is 17.0. The van der Waals surface area contributed by atoms with Crippen LogP contribution >= 0.6 is 35.3 Å². The van der Waals surface area contributed by atoms with Crippen molar-refractivity contribution in [1.29, 1.82) is 0 Å². The molecule has 3 N–H and O–H groups in total. The van der Waals surface area contributed by atoms with Gasteiger partial charge >= 0.3 is 0 Å². The van der Waals surface area contributed by atoms with Crippen molar-refractivity contribution in [3.05, 3.63) is 64.9 Å². The van der Waals surface area contributed by atoms with Crippen LogP contribution in [0.15, 0.2) is 57.5 Å². The van der Waals surface area contributed by atoms with Gasteiger partial charge in [-0.3, -0.25) is 4.79 Å². The summed E-state index contributed by atoms with van der Waals surface area (Å²) in [4.78, 5) is 21.8. The largest absolute Gasteiger partial charge is 0.443 e. The van der Waals surface area contributed by atoms with Crippen molar-refractivity contribution in [3.8, 4) is 10.8 Å². The van der Waals surface area contributed by atoms with E-state index in [0.29, 0.717) is 24.5 Å². The second-order valence-corrected chi connectivity index (χ2v) is 7.22. The van der Waals surface area contributed by atoms with Gasteiger partial charge in [-0.15, -0.1) is 35.3 Å². The summed E-state index contributed by atoms with van der Waals surface area (Å²) in [5, 5.41) is 11.2. The van der Waals surface area contributed by atoms with Gasteiger partial charge in [0.15, 0.2) is 5.96 Å². The lowest BCUT2D eigenvalue weighted by Gasteiger charge is -2.11. The lowest BCUT2D eigenvalue weighted by Crippen LogP contribution is -2.38. The Balaban J connectivity index is 0.00000320. The van der Waals surface area contributed by atoms with E-state index in [1.54, 1.807) is 24.6 Å². The van der Waals surface area contributed by atoms with E-state index in [1.807, 2.05) is 48.7 Å². The van der Waals surface area contributed by atoms with Crippen molar-refractivity contribution in [3.63, 3.8) is 0 Å². The van der Waals surface area contributed by atoms with Gasteiger partial charge in [-0.1, -0.05) is 18.2 Å². The van der Waals surface area contributed by atoms with E-state index in [2.05, 4.69) is 25.9 Å². The molecule has 7 nitrogen and oxygen atoms in total. The van der Waals surface area contributed by atoms with E-state index in [9.17, 15) is 4.79 Å². The number of benzene rings is 1. The average molecular weight is 539 g/mol. The number of aromatic nitrogens is 1. The summed E-state index contributed by atoms with van der Waals surface area (Å²) in [5.74, 6) is 1.26. The van der Waals surface area contributed by atoms with Gasteiger partial charge in [0.1, 0.15) is 12.0 Å². The van der Waals surface area contributed by atoms with Gasteiger partial charge in [0, 0.05) is 25.7 Å². The zero-order valence-corrected chi connectivity index (χ0v) is 20.1. The summed E-state index contributed by atoms with van der Waals surface area (Å²) in [7, 11) is 1.63. The molecule has 0 saturated heterocycles. The summed E-state index contributed by atoms with van der Waals surface area (Å²) < 4.78 is 5.54. The predicted octanol–water partition coefficient (Wildman–Crippen LogP) is 3.68. The Morgan fingerprint density at radius 2 is 2.10 bits per heavy atom. The molecule has 1 amide bonds. The number of nitrogens with zero attached hydrogens (tertiary/aromatic N) is 2. The maximum absolute atomic E-state index is 11.8. The molecule has 0 saturated carbocycles. The Labute approximate surface area is 197 Å². The van der Waals surface area contributed by atoms with E-state index in [1.165, 1.54) is 0 Å². The highest BCUT2D eigenvalue weighted by Gasteiger charge is 2.08. The number of amides is 1. The molecule has 30 heavy (non-hydrogen) atoms. The van der Waals surface area contributed by atoms with Crippen molar-refractivity contribution in [2.24, 2.45) is 4.99 Å². The Hall–Kier alpha value is -2.40. The second kappa shape index (κ2) is 12.3. The van der Waals surface area contributed by atoms with Gasteiger partial charge in [-0.2, -0.15) is 0 Å². The lowest BCUT2D eigenvalue weighted by atomic mass is 10.1. The number of carbonyl (C=O) groups is 1. The molecule has 0 radical (unpaired) electrons. The van der Waals surface area contributed by atoms with E-state index in [0.717, 1.165) is 35.1 Å². The van der Waals surface area contributed by atoms with Gasteiger partial charge in [-0.25, -0.2) is 9.98 Å². The first-order valence-corrected chi connectivity index (χ1v) is 10.4. The molecule has 2 heterocycles. The van der Waals surface area contributed by atoms with Crippen molar-refractivity contribution in [2.75, 3.05) is 20.1 Å². The minimum atomic E-state index is -0.0794. The molecule has 0 bridgehead atoms. The van der Waals surface area contributed by atoms with E-state index in [4.69, 9.17) is 4.42 Å². The molecule has 0 atom stereocenters. The standard InChI is InChI=1S/C21H25N5O2S.HI/c1-3-23-21(24-10-9-15-6-4-7-16(12-15)19(27)22-2)25-13-17-14-28-20(26-17)18-8-5-11-29-18;/h4-8,11-12,14H,3,9-10,13H2,1-2H3,(H,22,27)(H2,23,24,25);1H. The monoisotopic (exact) mass is 539 g/mol. The predicted molar refractivity (Wildman–Crippen MR) is 132 cm³/mol. The molecule has 160 valence electrons. The van der Waals surface area contributed by atoms with Crippen LogP contribution in [-0.2, 0) is 13.0 Å². The van der Waals surface area contributed by atoms with Crippen molar-refractivity contribution < 1.29 is 9.21 Å². The topological polar surface area (TPSA) is 91.6 Å². The summed E-state index contributed by atoms with van der Waals surface area (Å²) >= 11 is 1.59. The number of nitrogens with one attached hydrogen (secondary N) is 3. The molecule has 0 aliphatic heterocycles. The second-order valence-electron chi connectivity index (χ2n) is 6.27. The molecular formula is C21H26IN5O2S. The number of halogens is 1. The van der Waals surface area contributed by atoms with E-state index >= 15 is 0 Å². The quantitative estimate of drug-likeness (QED) is 0.231. The fourth-order valence-corrected chi connectivity index (χ4v) is 3.39. The first-order chi connectivity index (χ1) is 14.2. The number of oxazole rings is 1. The lowest BCUT2D eigenvalue weighted by molar-refractivity contribution is 0.0963. The summed E-state index contributed by atoms with van der Waals surface area (Å²) in [5.41, 5.74) is 2.54. The average Bonchev–Trinajstić information content (AvgIpc) is 3.43. The number of hydrogen-bond acceptors (Lipinski definition) is 5. The minimum absolute atomic E-state index is 0. The van der Waals surface area contributed by atoms with Gasteiger partial charge in [0.25, 0.3) is 5.91 Å². The molecule has 0 unspecified atom stereocenters. The first kappa shape index (κ1) is 23.9. The van der Waals surface area contributed by atoms with Gasteiger partial charge in [-0.05, 0) is 42.5 Å². The highest BCUT2D eigenvalue weighted by molar-refractivity contribution is 14.0. The molecule has 3 rings (SSSR count). The molecule has 0 aliphatic carbocycles. The number of carbonyl (C=O) groups excluding carboxylic acids is 1. The smallest absolute Gasteiger partial charge is 0.251 e. The minimum Gasteiger partial charge on any atom is -0.443 e. The van der Waals surface area contributed by atoms with Crippen molar-refractivity contribution >= 4 is 47.2 Å². The van der Waals surface area contributed by atoms with Crippen LogP contribution in [0.2, 0.25) is 0 Å². The molecule has 9 heteroatoms. The van der Waals surface area contributed by atoms with Crippen LogP contribution in [0.4, 0.5) is 0 Å². The maximum atomic E-state index is 11.8. The normalized spacial score (nSPS) is 10.9. The number of hydrogen-bond donors (Lipinski definition) is 3. The van der Waals surface area contributed by atoms with Crippen LogP contribution in [-0.4, -0.2) is 37.0 Å². The molecule has 3 aromatic rings. The van der Waals surface area contributed by atoms with Gasteiger partial charge < -0.3 is 20.4 Å². The Morgan fingerprint density at radius 1 is 1.23 bits per heavy atom. The van der Waals surface area contributed by atoms with Crippen LogP contribution in [0.5, 0.6) is 0 Å². The highest BCUT2D eigenvalue weighted by atomic mass is 127. The third-order valence-corrected chi connectivity index (χ3v) is 5.01. The van der Waals surface area contributed by atoms with Crippen molar-refractivity contribution in [1.82, 2.24) is 20.9 Å². The van der Waals surface area contributed by atoms with Gasteiger partial charge in [0.05, 0.1) is 11.4 Å². The number of guanidine groups is 1. The first-order valence-electron chi connectivity index (χ1n) is 9.51. The molecule has 2 aromatic heterocycles. The van der Waals surface area contributed by atoms with Crippen LogP contribution in [0, 0.1) is 0 Å².